The molecule has 0 radical (unpaired) electrons. The van der Waals surface area contributed by atoms with Crippen molar-refractivity contribution in [1.29, 1.82) is 0 Å². The molecule has 0 heterocycles. The van der Waals surface area contributed by atoms with Crippen LogP contribution < -0.4 is 11.3 Å². The maximum absolute atomic E-state index is 12.0. The molecule has 0 aliphatic heterocycles. The van der Waals surface area contributed by atoms with E-state index in [9.17, 15) is 20.1 Å². The molecule has 5 nitrogen and oxygen atoms in total. The average molecular weight is 572 g/mol. The third-order valence-electron chi connectivity index (χ3n) is 8.85. The van der Waals surface area contributed by atoms with E-state index < -0.39 is 17.7 Å². The summed E-state index contributed by atoms with van der Waals surface area (Å²) in [7, 11) is 0. The Morgan fingerprint density at radius 3 is 0.850 bits per heavy atom. The van der Waals surface area contributed by atoms with Crippen molar-refractivity contribution in [3.8, 4) is 0 Å². The minimum absolute atomic E-state index is 0. The van der Waals surface area contributed by atoms with Crippen LogP contribution in [0.5, 0.6) is 0 Å². The van der Waals surface area contributed by atoms with E-state index in [-0.39, 0.29) is 6.15 Å². The third kappa shape index (κ3) is 24.0. The van der Waals surface area contributed by atoms with Gasteiger partial charge in [0, 0.05) is 0 Å². The number of aliphatic hydroxyl groups is 2. The highest BCUT2D eigenvalue weighted by Gasteiger charge is 2.37. The second-order valence-electron chi connectivity index (χ2n) is 12.5. The van der Waals surface area contributed by atoms with Gasteiger partial charge in [-0.25, -0.2) is 0 Å². The maximum atomic E-state index is 12.0. The van der Waals surface area contributed by atoms with E-state index in [1.165, 1.54) is 141 Å². The molecular weight excluding hydrogens is 498 g/mol. The first-order valence-electron chi connectivity index (χ1n) is 17.6. The summed E-state index contributed by atoms with van der Waals surface area (Å²) in [5.41, 5.74) is -1.51. The molecule has 0 unspecified atom stereocenters. The van der Waals surface area contributed by atoms with E-state index in [1.807, 2.05) is 0 Å². The normalized spacial score (nSPS) is 11.7. The van der Waals surface area contributed by atoms with E-state index in [4.69, 9.17) is 0 Å². The zero-order valence-electron chi connectivity index (χ0n) is 27.5. The van der Waals surface area contributed by atoms with Gasteiger partial charge in [0.05, 0.1) is 11.4 Å². The van der Waals surface area contributed by atoms with Gasteiger partial charge in [0.15, 0.2) is 6.29 Å². The van der Waals surface area contributed by atoms with Crippen molar-refractivity contribution in [2.75, 3.05) is 0 Å². The number of carbonyl (C=O) groups is 1. The fraction of sp³-hybridized carbons (Fsp3) is 0.971. The maximum Gasteiger partial charge on any atom is 0.162 e. The monoisotopic (exact) mass is 572 g/mol. The molecular formula is C35H73NO4. The van der Waals surface area contributed by atoms with E-state index in [0.717, 1.165) is 38.5 Å². The molecule has 242 valence electrons. The standard InChI is InChI=1S/C35H70O4.H3N/c1-3-5-7-9-11-13-15-17-19-21-23-25-27-29-31-35(33(36)37,34(38)39)32-30-28-26-24-22-20-18-16-14-12-10-8-6-4-2;/h33,36-37H,3-32H2,1-2H3,(H,38,39);1H3. The molecule has 0 aromatic rings. The molecule has 40 heavy (non-hydrogen) atoms. The summed E-state index contributed by atoms with van der Waals surface area (Å²) in [6, 6.07) is 0. The summed E-state index contributed by atoms with van der Waals surface area (Å²) in [5, 5.41) is 31.9. The van der Waals surface area contributed by atoms with E-state index in [2.05, 4.69) is 13.8 Å². The Hall–Kier alpha value is -0.650. The Morgan fingerprint density at radius 1 is 0.475 bits per heavy atom. The molecule has 0 fully saturated rings. The van der Waals surface area contributed by atoms with Gasteiger partial charge in [0.1, 0.15) is 0 Å². The topological polar surface area (TPSA) is 117 Å². The van der Waals surface area contributed by atoms with Gasteiger partial charge in [-0.15, -0.1) is 0 Å². The second kappa shape index (κ2) is 31.3. The Balaban J connectivity index is 0. The summed E-state index contributed by atoms with van der Waals surface area (Å²) in [4.78, 5) is 12.0. The predicted molar refractivity (Wildman–Crippen MR) is 172 cm³/mol. The minimum Gasteiger partial charge on any atom is -0.549 e. The molecule has 0 aliphatic carbocycles. The van der Waals surface area contributed by atoms with Gasteiger partial charge in [-0.3, -0.25) is 0 Å². The predicted octanol–water partition coefficient (Wildman–Crippen LogP) is 10.2. The molecule has 0 saturated heterocycles. The SMILES string of the molecule is CCCCCCCCCCCCCCCCC(CCCCCCCCCCCCCCCC)(C(=O)[O-])C(O)O.[NH4+]. The fourth-order valence-electron chi connectivity index (χ4n) is 5.96. The highest BCUT2D eigenvalue weighted by molar-refractivity contribution is 5.72. The van der Waals surface area contributed by atoms with Gasteiger partial charge in [-0.1, -0.05) is 194 Å². The number of quaternary nitrogens is 1. The largest absolute Gasteiger partial charge is 0.549 e. The summed E-state index contributed by atoms with van der Waals surface area (Å²) in [6.07, 6.45) is 33.6. The summed E-state index contributed by atoms with van der Waals surface area (Å²) in [6.45, 7) is 4.52. The van der Waals surface area contributed by atoms with E-state index in [1.54, 1.807) is 0 Å². The molecule has 0 aliphatic rings. The smallest absolute Gasteiger partial charge is 0.162 e. The second-order valence-corrected chi connectivity index (χ2v) is 12.5. The summed E-state index contributed by atoms with van der Waals surface area (Å²) in [5.74, 6) is -1.29. The molecule has 6 N–H and O–H groups in total. The number of unbranched alkanes of at least 4 members (excludes halogenated alkanes) is 26. The van der Waals surface area contributed by atoms with Crippen LogP contribution in [0.2, 0.25) is 0 Å². The van der Waals surface area contributed by atoms with Crippen molar-refractivity contribution < 1.29 is 20.1 Å². The van der Waals surface area contributed by atoms with Gasteiger partial charge >= 0.3 is 0 Å². The van der Waals surface area contributed by atoms with Crippen LogP contribution >= 0.6 is 0 Å². The highest BCUT2D eigenvalue weighted by Crippen LogP contribution is 2.34. The molecule has 0 aromatic carbocycles. The van der Waals surface area contributed by atoms with Crippen molar-refractivity contribution >= 4 is 5.97 Å². The van der Waals surface area contributed by atoms with E-state index >= 15 is 0 Å². The van der Waals surface area contributed by atoms with Crippen molar-refractivity contribution in [2.24, 2.45) is 5.41 Å². The first-order valence-corrected chi connectivity index (χ1v) is 17.6. The number of carboxylic acids is 1. The Bertz CT molecular complexity index is 480. The third-order valence-corrected chi connectivity index (χ3v) is 8.85. The molecule has 0 amide bonds. The van der Waals surface area contributed by atoms with Crippen molar-refractivity contribution in [3.05, 3.63) is 0 Å². The van der Waals surface area contributed by atoms with Crippen LogP contribution in [0.25, 0.3) is 0 Å². The first kappa shape index (κ1) is 41.5. The summed E-state index contributed by atoms with van der Waals surface area (Å²) < 4.78 is 0. The average Bonchev–Trinajstić information content (AvgIpc) is 2.91. The van der Waals surface area contributed by atoms with Crippen LogP contribution in [0.15, 0.2) is 0 Å². The van der Waals surface area contributed by atoms with Crippen LogP contribution in [0.4, 0.5) is 0 Å². The number of carbonyl (C=O) groups excluding carboxylic acids is 1. The van der Waals surface area contributed by atoms with Crippen molar-refractivity contribution in [3.63, 3.8) is 0 Å². The number of aliphatic carboxylic acids is 1. The van der Waals surface area contributed by atoms with Gasteiger partial charge in [0.2, 0.25) is 0 Å². The number of aliphatic hydroxyl groups excluding tert-OH is 1. The molecule has 0 bridgehead atoms. The number of carboxylic acid groups (broad SMARTS) is 1. The zero-order chi connectivity index (χ0) is 28.9. The van der Waals surface area contributed by atoms with Gasteiger partial charge in [0.25, 0.3) is 0 Å². The van der Waals surface area contributed by atoms with Gasteiger partial charge < -0.3 is 26.3 Å². The molecule has 0 aromatic heterocycles. The Labute approximate surface area is 250 Å². The minimum atomic E-state index is -1.84. The van der Waals surface area contributed by atoms with Gasteiger partial charge in [-0.05, 0) is 12.8 Å². The van der Waals surface area contributed by atoms with Crippen LogP contribution in [0.1, 0.15) is 206 Å². The van der Waals surface area contributed by atoms with E-state index in [0.29, 0.717) is 12.8 Å². The molecule has 0 saturated carbocycles. The van der Waals surface area contributed by atoms with Crippen LogP contribution in [0.3, 0.4) is 0 Å². The number of hydrogen-bond donors (Lipinski definition) is 3. The lowest BCUT2D eigenvalue weighted by Crippen LogP contribution is -2.50. The van der Waals surface area contributed by atoms with Crippen molar-refractivity contribution in [1.82, 2.24) is 6.15 Å². The van der Waals surface area contributed by atoms with Crippen LogP contribution in [-0.2, 0) is 4.79 Å². The van der Waals surface area contributed by atoms with Crippen LogP contribution in [-0.4, -0.2) is 22.5 Å². The lowest BCUT2D eigenvalue weighted by Gasteiger charge is -2.36. The number of rotatable bonds is 32. The lowest BCUT2D eigenvalue weighted by molar-refractivity contribution is -0.332. The van der Waals surface area contributed by atoms with Crippen LogP contribution in [0, 0.1) is 5.41 Å². The Morgan fingerprint density at radius 2 is 0.675 bits per heavy atom. The van der Waals surface area contributed by atoms with Gasteiger partial charge in [-0.2, -0.15) is 0 Å². The fourth-order valence-corrected chi connectivity index (χ4v) is 5.96. The molecule has 0 rings (SSSR count). The highest BCUT2D eigenvalue weighted by atomic mass is 16.5. The molecule has 0 spiro atoms. The molecule has 5 heteroatoms. The first-order chi connectivity index (χ1) is 19.0. The zero-order valence-corrected chi connectivity index (χ0v) is 27.5. The summed E-state index contributed by atoms with van der Waals surface area (Å²) >= 11 is 0. The number of hydrogen-bond acceptors (Lipinski definition) is 4. The Kier molecular flexibility index (Phi) is 32.5. The molecule has 0 atom stereocenters. The van der Waals surface area contributed by atoms with Crippen molar-refractivity contribution in [2.45, 2.75) is 213 Å². The lowest BCUT2D eigenvalue weighted by atomic mass is 9.77. The quantitative estimate of drug-likeness (QED) is 0.0550.